The van der Waals surface area contributed by atoms with E-state index in [1.807, 2.05) is 24.6 Å². The summed E-state index contributed by atoms with van der Waals surface area (Å²) in [7, 11) is 0. The van der Waals surface area contributed by atoms with Crippen molar-refractivity contribution in [1.29, 1.82) is 5.26 Å². The molecule has 2 aromatic heterocycles. The Labute approximate surface area is 124 Å². The number of anilines is 1. The van der Waals surface area contributed by atoms with Crippen LogP contribution in [0.1, 0.15) is 35.7 Å². The Hall–Kier alpha value is -2.42. The smallest absolute Gasteiger partial charge is 0.147 e. The highest BCUT2D eigenvalue weighted by molar-refractivity contribution is 5.58. The summed E-state index contributed by atoms with van der Waals surface area (Å²) in [6, 6.07) is 4.65. The number of rotatable bonds is 2. The SMILES string of the molecule is Cc1cc(C)c(C#N)c(N2CCC(n3cncn3)CC2)n1. The third kappa shape index (κ3) is 2.59. The summed E-state index contributed by atoms with van der Waals surface area (Å²) in [5.74, 6) is 0.826. The van der Waals surface area contributed by atoms with Crippen molar-refractivity contribution in [2.24, 2.45) is 0 Å². The van der Waals surface area contributed by atoms with Crippen LogP contribution in [0, 0.1) is 25.2 Å². The van der Waals surface area contributed by atoms with Crippen molar-refractivity contribution >= 4 is 5.82 Å². The lowest BCUT2D eigenvalue weighted by Crippen LogP contribution is -2.36. The number of aromatic nitrogens is 4. The first kappa shape index (κ1) is 13.6. The minimum atomic E-state index is 0.389. The molecule has 1 aliphatic rings. The molecular formula is C15H18N6. The summed E-state index contributed by atoms with van der Waals surface area (Å²) >= 11 is 0. The number of hydrogen-bond donors (Lipinski definition) is 0. The van der Waals surface area contributed by atoms with Gasteiger partial charge in [-0.25, -0.2) is 14.6 Å². The molecule has 1 fully saturated rings. The molecule has 0 amide bonds. The first-order valence-electron chi connectivity index (χ1n) is 7.16. The van der Waals surface area contributed by atoms with Crippen LogP contribution in [0.4, 0.5) is 5.82 Å². The number of hydrogen-bond acceptors (Lipinski definition) is 5. The van der Waals surface area contributed by atoms with E-state index in [2.05, 4.69) is 26.0 Å². The van der Waals surface area contributed by atoms with Crippen LogP contribution in [0.2, 0.25) is 0 Å². The van der Waals surface area contributed by atoms with Gasteiger partial charge in [-0.2, -0.15) is 10.4 Å². The van der Waals surface area contributed by atoms with Gasteiger partial charge in [0.15, 0.2) is 0 Å². The van der Waals surface area contributed by atoms with E-state index in [9.17, 15) is 5.26 Å². The number of nitriles is 1. The van der Waals surface area contributed by atoms with Crippen LogP contribution in [-0.2, 0) is 0 Å². The molecule has 21 heavy (non-hydrogen) atoms. The molecular weight excluding hydrogens is 264 g/mol. The molecule has 2 aromatic rings. The van der Waals surface area contributed by atoms with Crippen LogP contribution < -0.4 is 4.90 Å². The van der Waals surface area contributed by atoms with Crippen LogP contribution in [0.15, 0.2) is 18.7 Å². The second-order valence-corrected chi connectivity index (χ2v) is 5.48. The maximum absolute atomic E-state index is 9.38. The molecule has 3 rings (SSSR count). The van der Waals surface area contributed by atoms with Crippen molar-refractivity contribution in [2.75, 3.05) is 18.0 Å². The van der Waals surface area contributed by atoms with Crippen molar-refractivity contribution < 1.29 is 0 Å². The van der Waals surface area contributed by atoms with Crippen LogP contribution in [0.3, 0.4) is 0 Å². The molecule has 0 N–H and O–H groups in total. The van der Waals surface area contributed by atoms with Gasteiger partial charge in [-0.15, -0.1) is 0 Å². The molecule has 6 nitrogen and oxygen atoms in total. The molecule has 108 valence electrons. The summed E-state index contributed by atoms with van der Waals surface area (Å²) in [6.07, 6.45) is 5.33. The van der Waals surface area contributed by atoms with Crippen LogP contribution in [-0.4, -0.2) is 32.8 Å². The van der Waals surface area contributed by atoms with Crippen molar-refractivity contribution in [1.82, 2.24) is 19.7 Å². The zero-order chi connectivity index (χ0) is 14.8. The highest BCUT2D eigenvalue weighted by Gasteiger charge is 2.24. The molecule has 0 aliphatic carbocycles. The van der Waals surface area contributed by atoms with E-state index in [-0.39, 0.29) is 0 Å². The van der Waals surface area contributed by atoms with E-state index in [1.165, 1.54) is 0 Å². The maximum Gasteiger partial charge on any atom is 0.147 e. The molecule has 6 heteroatoms. The number of pyridine rings is 1. The van der Waals surface area contributed by atoms with E-state index in [4.69, 9.17) is 0 Å². The fraction of sp³-hybridized carbons (Fsp3) is 0.467. The number of aryl methyl sites for hydroxylation is 2. The molecule has 0 unspecified atom stereocenters. The summed E-state index contributed by atoms with van der Waals surface area (Å²) in [4.78, 5) is 10.8. The molecule has 0 aromatic carbocycles. The Balaban J connectivity index is 1.80. The highest BCUT2D eigenvalue weighted by atomic mass is 15.3. The monoisotopic (exact) mass is 282 g/mol. The standard InChI is InChI=1S/C15H18N6/c1-11-7-12(2)19-15(14(11)8-16)20-5-3-13(4-6-20)21-10-17-9-18-21/h7,9-10,13H,3-6H2,1-2H3. The van der Waals surface area contributed by atoms with Gasteiger partial charge in [0.05, 0.1) is 11.6 Å². The number of nitrogens with zero attached hydrogens (tertiary/aromatic N) is 6. The highest BCUT2D eigenvalue weighted by Crippen LogP contribution is 2.28. The largest absolute Gasteiger partial charge is 0.355 e. The molecule has 0 spiro atoms. The van der Waals surface area contributed by atoms with Crippen LogP contribution >= 0.6 is 0 Å². The normalized spacial score (nSPS) is 16.0. The molecule has 0 atom stereocenters. The van der Waals surface area contributed by atoms with E-state index >= 15 is 0 Å². The van der Waals surface area contributed by atoms with Gasteiger partial charge in [-0.1, -0.05) is 0 Å². The van der Waals surface area contributed by atoms with Crippen molar-refractivity contribution in [3.8, 4) is 6.07 Å². The van der Waals surface area contributed by atoms with E-state index < -0.39 is 0 Å². The van der Waals surface area contributed by atoms with Gasteiger partial charge in [0.25, 0.3) is 0 Å². The Morgan fingerprint density at radius 3 is 2.67 bits per heavy atom. The van der Waals surface area contributed by atoms with E-state index in [1.54, 1.807) is 12.7 Å². The quantitative estimate of drug-likeness (QED) is 0.842. The van der Waals surface area contributed by atoms with E-state index in [0.29, 0.717) is 11.6 Å². The third-order valence-corrected chi connectivity index (χ3v) is 4.01. The van der Waals surface area contributed by atoms with Gasteiger partial charge in [0.1, 0.15) is 24.5 Å². The van der Waals surface area contributed by atoms with Crippen molar-refractivity contribution in [3.05, 3.63) is 35.5 Å². The molecule has 0 saturated carbocycles. The molecule has 0 radical (unpaired) electrons. The molecule has 3 heterocycles. The fourth-order valence-corrected chi connectivity index (χ4v) is 2.93. The lowest BCUT2D eigenvalue weighted by atomic mass is 10.0. The van der Waals surface area contributed by atoms with Gasteiger partial charge in [0.2, 0.25) is 0 Å². The minimum Gasteiger partial charge on any atom is -0.355 e. The summed E-state index contributed by atoms with van der Waals surface area (Å²) in [5, 5.41) is 13.6. The zero-order valence-electron chi connectivity index (χ0n) is 12.3. The van der Waals surface area contributed by atoms with Gasteiger partial charge in [-0.05, 0) is 38.3 Å². The molecule has 1 aliphatic heterocycles. The molecule has 1 saturated heterocycles. The van der Waals surface area contributed by atoms with Crippen molar-refractivity contribution in [2.45, 2.75) is 32.7 Å². The zero-order valence-corrected chi connectivity index (χ0v) is 12.3. The van der Waals surface area contributed by atoms with Crippen LogP contribution in [0.5, 0.6) is 0 Å². The third-order valence-electron chi connectivity index (χ3n) is 4.01. The topological polar surface area (TPSA) is 70.6 Å². The Morgan fingerprint density at radius 1 is 1.29 bits per heavy atom. The fourth-order valence-electron chi connectivity index (χ4n) is 2.93. The lowest BCUT2D eigenvalue weighted by molar-refractivity contribution is 0.365. The Bertz CT molecular complexity index is 662. The second kappa shape index (κ2) is 5.52. The first-order chi connectivity index (χ1) is 10.2. The predicted molar refractivity (Wildman–Crippen MR) is 78.9 cm³/mol. The van der Waals surface area contributed by atoms with Crippen molar-refractivity contribution in [3.63, 3.8) is 0 Å². The van der Waals surface area contributed by atoms with Gasteiger partial charge < -0.3 is 4.90 Å². The Kier molecular flexibility index (Phi) is 3.57. The van der Waals surface area contributed by atoms with Gasteiger partial charge in [-0.3, -0.25) is 0 Å². The summed E-state index contributed by atoms with van der Waals surface area (Å²) in [6.45, 7) is 5.71. The maximum atomic E-state index is 9.38. The Morgan fingerprint density at radius 2 is 2.05 bits per heavy atom. The predicted octanol–water partition coefficient (Wildman–Crippen LogP) is 2.00. The van der Waals surface area contributed by atoms with Gasteiger partial charge in [0, 0.05) is 18.8 Å². The minimum absolute atomic E-state index is 0.389. The average Bonchev–Trinajstić information content (AvgIpc) is 3.01. The second-order valence-electron chi connectivity index (χ2n) is 5.48. The average molecular weight is 282 g/mol. The van der Waals surface area contributed by atoms with Gasteiger partial charge >= 0.3 is 0 Å². The summed E-state index contributed by atoms with van der Waals surface area (Å²) in [5.41, 5.74) is 2.65. The van der Waals surface area contributed by atoms with E-state index in [0.717, 1.165) is 43.0 Å². The molecule has 0 bridgehead atoms. The first-order valence-corrected chi connectivity index (χ1v) is 7.16. The number of piperidine rings is 1. The van der Waals surface area contributed by atoms with Crippen LogP contribution in [0.25, 0.3) is 0 Å². The summed E-state index contributed by atoms with van der Waals surface area (Å²) < 4.78 is 1.93. The lowest BCUT2D eigenvalue weighted by Gasteiger charge is -2.33.